The number of rotatable bonds is 2. The molecule has 0 N–H and O–H groups in total. The number of aromatic nitrogens is 1. The van der Waals surface area contributed by atoms with Crippen LogP contribution < -0.4 is 20.3 Å². The average molecular weight is 692 g/mol. The first kappa shape index (κ1) is 28.4. The Labute approximate surface area is 308 Å². The van der Waals surface area contributed by atoms with Gasteiger partial charge in [0.25, 0.3) is 0 Å². The molecule has 0 aliphatic carbocycles. The largest absolute Gasteiger partial charge is 0.551 e. The number of fused-ring (bicyclic) bond motifs is 14. The molecule has 250 valence electrons. The fourth-order valence-electron chi connectivity index (χ4n) is 9.08. The summed E-state index contributed by atoms with van der Waals surface area (Å²) < 4.78 is 29.0. The summed E-state index contributed by atoms with van der Waals surface area (Å²) >= 11 is 0. The van der Waals surface area contributed by atoms with Crippen LogP contribution in [0.25, 0.3) is 93.6 Å². The lowest BCUT2D eigenvalue weighted by Gasteiger charge is -2.33. The molecule has 5 heterocycles. The number of furan rings is 2. The molecule has 11 aromatic rings. The maximum Gasteiger partial charge on any atom is 0.434 e. The van der Waals surface area contributed by atoms with Gasteiger partial charge in [-0.25, -0.2) is 0 Å². The molecule has 0 spiro atoms. The van der Waals surface area contributed by atoms with Gasteiger partial charge in [-0.15, -0.1) is 0 Å². The number of para-hydroxylation sites is 4. The van der Waals surface area contributed by atoms with Crippen molar-refractivity contribution in [1.29, 1.82) is 0 Å². The molecule has 8 aromatic carbocycles. The molecule has 2 aliphatic rings. The van der Waals surface area contributed by atoms with Crippen molar-refractivity contribution in [2.24, 2.45) is 0 Å². The van der Waals surface area contributed by atoms with Crippen LogP contribution in [-0.4, -0.2) is 11.5 Å². The van der Waals surface area contributed by atoms with Crippen molar-refractivity contribution in [2.45, 2.75) is 0 Å². The van der Waals surface area contributed by atoms with Crippen LogP contribution in [-0.2, 0) is 0 Å². The van der Waals surface area contributed by atoms with E-state index < -0.39 is 0 Å². The Bertz CT molecular complexity index is 3370. The molecule has 0 amide bonds. The molecular formula is C48H26BNO4. The molecule has 2 aliphatic heterocycles. The van der Waals surface area contributed by atoms with Gasteiger partial charge in [0, 0.05) is 55.2 Å². The predicted molar refractivity (Wildman–Crippen MR) is 218 cm³/mol. The van der Waals surface area contributed by atoms with E-state index in [4.69, 9.17) is 18.2 Å². The predicted octanol–water partition coefficient (Wildman–Crippen LogP) is 11.5. The molecule has 5 nitrogen and oxygen atoms in total. The lowest BCUT2D eigenvalue weighted by Crippen LogP contribution is -2.53. The van der Waals surface area contributed by atoms with Gasteiger partial charge in [0.15, 0.2) is 0 Å². The highest BCUT2D eigenvalue weighted by Gasteiger charge is 2.41. The number of ether oxygens (including phenoxy) is 1. The summed E-state index contributed by atoms with van der Waals surface area (Å²) in [5, 5.41) is 6.66. The minimum atomic E-state index is -0.306. The number of hydrogen-bond acceptors (Lipinski definition) is 4. The fraction of sp³-hybridized carbons (Fsp3) is 0. The minimum Gasteiger partial charge on any atom is -0.551 e. The standard InChI is InChI=1S/C48H26BNO4/c1-5-13-38-30(9-1)31-10-2-6-14-39(31)50(38)29-18-21-37-44(26-29)52-45-25-28(23-36-32-11-3-8-16-41(32)54-49(37)47(36)45)27-17-19-33-34-20-22-42-46(48(34)53-43(33)24-27)35-12-4-7-15-40(35)51-42/h1-26H. The van der Waals surface area contributed by atoms with Gasteiger partial charge in [-0.2, -0.15) is 0 Å². The summed E-state index contributed by atoms with van der Waals surface area (Å²) in [5.41, 5.74) is 13.0. The Kier molecular flexibility index (Phi) is 5.39. The molecule has 0 atom stereocenters. The Morgan fingerprint density at radius 1 is 0.444 bits per heavy atom. The Hall–Kier alpha value is -7.18. The summed E-state index contributed by atoms with van der Waals surface area (Å²) in [6.45, 7) is -0.306. The molecule has 0 unspecified atom stereocenters. The van der Waals surface area contributed by atoms with Gasteiger partial charge in [0.05, 0.1) is 16.4 Å². The van der Waals surface area contributed by atoms with Crippen LogP contribution >= 0.6 is 0 Å². The normalized spacial score (nSPS) is 13.1. The highest BCUT2D eigenvalue weighted by molar-refractivity contribution is 6.84. The third kappa shape index (κ3) is 3.73. The van der Waals surface area contributed by atoms with Crippen molar-refractivity contribution in [1.82, 2.24) is 4.57 Å². The number of hydrogen-bond donors (Lipinski definition) is 0. The first-order valence-electron chi connectivity index (χ1n) is 18.3. The lowest BCUT2D eigenvalue weighted by molar-refractivity contribution is 0.479. The van der Waals surface area contributed by atoms with E-state index in [0.29, 0.717) is 0 Å². The van der Waals surface area contributed by atoms with Gasteiger partial charge in [-0.1, -0.05) is 84.9 Å². The fourth-order valence-corrected chi connectivity index (χ4v) is 9.08. The van der Waals surface area contributed by atoms with Gasteiger partial charge in [0.2, 0.25) is 0 Å². The van der Waals surface area contributed by atoms with E-state index >= 15 is 0 Å². The summed E-state index contributed by atoms with van der Waals surface area (Å²) in [4.78, 5) is 0. The van der Waals surface area contributed by atoms with Crippen LogP contribution in [0.2, 0.25) is 0 Å². The second-order valence-electron chi connectivity index (χ2n) is 14.4. The van der Waals surface area contributed by atoms with Crippen LogP contribution in [0.4, 0.5) is 0 Å². The van der Waals surface area contributed by atoms with Crippen LogP contribution in [0, 0.1) is 0 Å². The van der Waals surface area contributed by atoms with Crippen LogP contribution in [0.1, 0.15) is 0 Å². The third-order valence-electron chi connectivity index (χ3n) is 11.5. The maximum atomic E-state index is 6.95. The van der Waals surface area contributed by atoms with Crippen molar-refractivity contribution in [2.75, 3.05) is 0 Å². The van der Waals surface area contributed by atoms with Crippen molar-refractivity contribution in [3.05, 3.63) is 158 Å². The van der Waals surface area contributed by atoms with E-state index in [-0.39, 0.29) is 6.92 Å². The van der Waals surface area contributed by atoms with Gasteiger partial charge in [-0.05, 0) is 83.4 Å². The van der Waals surface area contributed by atoms with Gasteiger partial charge in [0.1, 0.15) is 39.6 Å². The third-order valence-corrected chi connectivity index (χ3v) is 11.5. The molecule has 0 saturated carbocycles. The molecule has 54 heavy (non-hydrogen) atoms. The monoisotopic (exact) mass is 691 g/mol. The molecular weight excluding hydrogens is 665 g/mol. The van der Waals surface area contributed by atoms with Crippen LogP contribution in [0.5, 0.6) is 17.2 Å². The molecule has 6 heteroatoms. The average Bonchev–Trinajstić information content (AvgIpc) is 3.90. The zero-order valence-electron chi connectivity index (χ0n) is 28.7. The highest BCUT2D eigenvalue weighted by Crippen LogP contribution is 2.44. The van der Waals surface area contributed by atoms with Gasteiger partial charge >= 0.3 is 6.92 Å². The van der Waals surface area contributed by atoms with Crippen molar-refractivity contribution < 1.29 is 18.2 Å². The van der Waals surface area contributed by atoms with E-state index in [9.17, 15) is 0 Å². The molecule has 3 aromatic heterocycles. The van der Waals surface area contributed by atoms with E-state index in [2.05, 4.69) is 132 Å². The molecule has 13 rings (SSSR count). The van der Waals surface area contributed by atoms with Crippen molar-refractivity contribution >= 4 is 83.5 Å². The summed E-state index contributed by atoms with van der Waals surface area (Å²) in [6.07, 6.45) is 0. The SMILES string of the molecule is c1ccc2c(c1)OB1c3ccc(-n4c5ccccc5c5ccccc54)cc3Oc3cc(-c4ccc5c(c4)oc4c5ccc5oc6ccccc6c54)cc-2c31. The van der Waals surface area contributed by atoms with Crippen LogP contribution in [0.15, 0.2) is 167 Å². The van der Waals surface area contributed by atoms with Crippen molar-refractivity contribution in [3.8, 4) is 45.2 Å². The topological polar surface area (TPSA) is 49.7 Å². The second kappa shape index (κ2) is 10.2. The molecule has 0 saturated heterocycles. The second-order valence-corrected chi connectivity index (χ2v) is 14.4. The van der Waals surface area contributed by atoms with Gasteiger partial charge in [-0.3, -0.25) is 0 Å². The van der Waals surface area contributed by atoms with E-state index in [0.717, 1.165) is 111 Å². The minimum absolute atomic E-state index is 0.306. The summed E-state index contributed by atoms with van der Waals surface area (Å²) in [7, 11) is 0. The van der Waals surface area contributed by atoms with Crippen LogP contribution in [0.3, 0.4) is 0 Å². The smallest absolute Gasteiger partial charge is 0.434 e. The Balaban J connectivity index is 0.993. The quantitative estimate of drug-likeness (QED) is 0.169. The molecule has 0 fully saturated rings. The Morgan fingerprint density at radius 2 is 1.20 bits per heavy atom. The molecule has 0 radical (unpaired) electrons. The number of nitrogens with zero attached hydrogens (tertiary/aromatic N) is 1. The van der Waals surface area contributed by atoms with E-state index in [1.807, 2.05) is 30.3 Å². The zero-order valence-corrected chi connectivity index (χ0v) is 28.7. The lowest BCUT2D eigenvalue weighted by atomic mass is 9.50. The number of benzene rings is 8. The van der Waals surface area contributed by atoms with Gasteiger partial charge < -0.3 is 22.8 Å². The maximum absolute atomic E-state index is 6.95. The zero-order chi connectivity index (χ0) is 35.1. The summed E-state index contributed by atoms with van der Waals surface area (Å²) in [6, 6.07) is 55.2. The van der Waals surface area contributed by atoms with E-state index in [1.165, 1.54) is 10.8 Å². The highest BCUT2D eigenvalue weighted by atomic mass is 16.5. The summed E-state index contributed by atoms with van der Waals surface area (Å²) in [5.74, 6) is 2.45. The molecule has 0 bridgehead atoms. The first-order valence-corrected chi connectivity index (χ1v) is 18.3. The van der Waals surface area contributed by atoms with E-state index in [1.54, 1.807) is 0 Å². The van der Waals surface area contributed by atoms with Crippen molar-refractivity contribution in [3.63, 3.8) is 0 Å². The first-order chi connectivity index (χ1) is 26.7. The Morgan fingerprint density at radius 3 is 2.07 bits per heavy atom.